The molecule has 0 N–H and O–H groups in total. The lowest BCUT2D eigenvalue weighted by atomic mass is 10.00. The Bertz CT molecular complexity index is 904. The van der Waals surface area contributed by atoms with Gasteiger partial charge in [0.1, 0.15) is 11.6 Å². The number of hydrogen-bond acceptors (Lipinski definition) is 4. The first-order valence-corrected chi connectivity index (χ1v) is 7.85. The third kappa shape index (κ3) is 3.22. The number of nitriles is 1. The van der Waals surface area contributed by atoms with Crippen LogP contribution in [0.4, 0.5) is 0 Å². The molecule has 0 aliphatic carbocycles. The number of halogens is 1. The molecule has 0 aliphatic heterocycles. The van der Waals surface area contributed by atoms with Gasteiger partial charge in [-0.25, -0.2) is 4.98 Å². The van der Waals surface area contributed by atoms with E-state index in [1.54, 1.807) is 18.5 Å². The van der Waals surface area contributed by atoms with Crippen molar-refractivity contribution in [3.8, 4) is 34.3 Å². The molecule has 1 aromatic carbocycles. The van der Waals surface area contributed by atoms with Crippen molar-refractivity contribution in [2.45, 2.75) is 6.92 Å². The first kappa shape index (κ1) is 16.0. The maximum Gasteiger partial charge on any atom is 0.232 e. The zero-order valence-electron chi connectivity index (χ0n) is 13.0. The predicted octanol–water partition coefficient (Wildman–Crippen LogP) is 4.73. The first-order chi connectivity index (χ1) is 11.7. The van der Waals surface area contributed by atoms with Crippen molar-refractivity contribution in [1.82, 2.24) is 9.97 Å². The highest BCUT2D eigenvalue weighted by atomic mass is 35.5. The number of hydrogen-bond donors (Lipinski definition) is 0. The highest BCUT2D eigenvalue weighted by Gasteiger charge is 2.16. The van der Waals surface area contributed by atoms with Crippen molar-refractivity contribution >= 4 is 11.6 Å². The van der Waals surface area contributed by atoms with Crippen molar-refractivity contribution in [2.75, 3.05) is 6.61 Å². The van der Waals surface area contributed by atoms with Gasteiger partial charge in [-0.15, -0.1) is 0 Å². The van der Waals surface area contributed by atoms with Crippen molar-refractivity contribution in [3.05, 3.63) is 65.4 Å². The fraction of sp³-hybridized carbons (Fsp3) is 0.105. The van der Waals surface area contributed by atoms with E-state index in [0.29, 0.717) is 28.8 Å². The van der Waals surface area contributed by atoms with Gasteiger partial charge in [0.25, 0.3) is 0 Å². The number of benzene rings is 1. The summed E-state index contributed by atoms with van der Waals surface area (Å²) in [5.74, 6) is 0.316. The molecule has 3 aromatic rings. The van der Waals surface area contributed by atoms with Crippen LogP contribution in [0.25, 0.3) is 22.4 Å². The molecule has 2 heterocycles. The Balaban J connectivity index is 2.25. The molecule has 4 nitrogen and oxygen atoms in total. The second kappa shape index (κ2) is 7.12. The van der Waals surface area contributed by atoms with Crippen LogP contribution in [-0.2, 0) is 0 Å². The van der Waals surface area contributed by atoms with Crippen molar-refractivity contribution in [3.63, 3.8) is 0 Å². The molecule has 118 valence electrons. The molecule has 0 amide bonds. The molecule has 3 rings (SSSR count). The van der Waals surface area contributed by atoms with Crippen LogP contribution in [-0.4, -0.2) is 16.6 Å². The predicted molar refractivity (Wildman–Crippen MR) is 93.8 cm³/mol. The average molecular weight is 336 g/mol. The van der Waals surface area contributed by atoms with E-state index in [1.807, 2.05) is 43.3 Å². The smallest absolute Gasteiger partial charge is 0.232 e. The van der Waals surface area contributed by atoms with E-state index >= 15 is 0 Å². The summed E-state index contributed by atoms with van der Waals surface area (Å²) in [4.78, 5) is 8.64. The van der Waals surface area contributed by atoms with Crippen LogP contribution in [0, 0.1) is 11.3 Å². The standard InChI is InChI=1S/C19H14ClN3O/c1-2-24-19-17(11-21)16(14-6-4-8-22-12-14)10-18(23-19)13-5-3-7-15(20)9-13/h3-10,12H,2H2,1H3. The zero-order valence-corrected chi connectivity index (χ0v) is 13.8. The minimum atomic E-state index is 0.316. The number of aromatic nitrogens is 2. The topological polar surface area (TPSA) is 58.8 Å². The van der Waals surface area contributed by atoms with Gasteiger partial charge in [-0.2, -0.15) is 5.26 Å². The minimum Gasteiger partial charge on any atom is -0.477 e. The number of pyridine rings is 2. The molecule has 0 bridgehead atoms. The van der Waals surface area contributed by atoms with Crippen LogP contribution in [0.15, 0.2) is 54.9 Å². The van der Waals surface area contributed by atoms with Gasteiger partial charge < -0.3 is 4.74 Å². The molecule has 24 heavy (non-hydrogen) atoms. The van der Waals surface area contributed by atoms with E-state index in [9.17, 15) is 5.26 Å². The highest BCUT2D eigenvalue weighted by molar-refractivity contribution is 6.30. The maximum atomic E-state index is 9.58. The number of nitrogens with zero attached hydrogens (tertiary/aromatic N) is 3. The third-order valence-electron chi connectivity index (χ3n) is 3.47. The largest absolute Gasteiger partial charge is 0.477 e. The summed E-state index contributed by atoms with van der Waals surface area (Å²) in [6.07, 6.45) is 3.41. The van der Waals surface area contributed by atoms with Crippen LogP contribution in [0.5, 0.6) is 5.88 Å². The lowest BCUT2D eigenvalue weighted by molar-refractivity contribution is 0.326. The summed E-state index contributed by atoms with van der Waals surface area (Å²) in [6, 6.07) is 15.2. The summed E-state index contributed by atoms with van der Waals surface area (Å²) < 4.78 is 5.60. The molecule has 0 radical (unpaired) electrons. The van der Waals surface area contributed by atoms with Crippen LogP contribution in [0.3, 0.4) is 0 Å². The van der Waals surface area contributed by atoms with Crippen LogP contribution < -0.4 is 4.74 Å². The van der Waals surface area contributed by atoms with Crippen molar-refractivity contribution < 1.29 is 4.74 Å². The van der Waals surface area contributed by atoms with Gasteiger partial charge in [0, 0.05) is 34.1 Å². The Morgan fingerprint density at radius 1 is 1.17 bits per heavy atom. The Hall–Kier alpha value is -2.90. The van der Waals surface area contributed by atoms with E-state index in [4.69, 9.17) is 16.3 Å². The Labute approximate surface area is 145 Å². The molecule has 2 aromatic heterocycles. The number of rotatable bonds is 4. The molecule has 0 spiro atoms. The fourth-order valence-electron chi connectivity index (χ4n) is 2.42. The third-order valence-corrected chi connectivity index (χ3v) is 3.71. The van der Waals surface area contributed by atoms with Crippen LogP contribution >= 0.6 is 11.6 Å². The van der Waals surface area contributed by atoms with Crippen molar-refractivity contribution in [1.29, 1.82) is 5.26 Å². The van der Waals surface area contributed by atoms with Gasteiger partial charge in [0.2, 0.25) is 5.88 Å². The normalized spacial score (nSPS) is 10.2. The van der Waals surface area contributed by atoms with Gasteiger partial charge in [0.05, 0.1) is 12.3 Å². The second-order valence-electron chi connectivity index (χ2n) is 5.03. The summed E-state index contributed by atoms with van der Waals surface area (Å²) in [7, 11) is 0. The summed E-state index contributed by atoms with van der Waals surface area (Å²) in [5, 5.41) is 10.2. The van der Waals surface area contributed by atoms with Crippen LogP contribution in [0.1, 0.15) is 12.5 Å². The molecule has 0 saturated carbocycles. The Morgan fingerprint density at radius 3 is 2.67 bits per heavy atom. The fourth-order valence-corrected chi connectivity index (χ4v) is 2.61. The molecule has 0 aliphatic rings. The molecule has 0 atom stereocenters. The molecule has 0 unspecified atom stereocenters. The van der Waals surface area contributed by atoms with Crippen molar-refractivity contribution in [2.24, 2.45) is 0 Å². The zero-order chi connectivity index (χ0) is 16.9. The molecule has 5 heteroatoms. The average Bonchev–Trinajstić information content (AvgIpc) is 2.62. The first-order valence-electron chi connectivity index (χ1n) is 7.47. The highest BCUT2D eigenvalue weighted by Crippen LogP contribution is 2.33. The number of ether oxygens (including phenoxy) is 1. The van der Waals surface area contributed by atoms with E-state index in [1.165, 1.54) is 0 Å². The molecule has 0 saturated heterocycles. The molecular weight excluding hydrogens is 322 g/mol. The SMILES string of the molecule is CCOc1nc(-c2cccc(Cl)c2)cc(-c2cccnc2)c1C#N. The quantitative estimate of drug-likeness (QED) is 0.691. The van der Waals surface area contributed by atoms with Gasteiger partial charge in [-0.05, 0) is 31.2 Å². The molecular formula is C19H14ClN3O. The van der Waals surface area contributed by atoms with Gasteiger partial charge in [0.15, 0.2) is 0 Å². The monoisotopic (exact) mass is 335 g/mol. The van der Waals surface area contributed by atoms with Gasteiger partial charge >= 0.3 is 0 Å². The Morgan fingerprint density at radius 2 is 2.00 bits per heavy atom. The minimum absolute atomic E-state index is 0.316. The maximum absolute atomic E-state index is 9.58. The Kier molecular flexibility index (Phi) is 4.74. The van der Waals surface area contributed by atoms with E-state index < -0.39 is 0 Å². The second-order valence-corrected chi connectivity index (χ2v) is 5.47. The lowest BCUT2D eigenvalue weighted by Crippen LogP contribution is -2.01. The van der Waals surface area contributed by atoms with E-state index in [0.717, 1.165) is 16.7 Å². The molecule has 0 fully saturated rings. The summed E-state index contributed by atoms with van der Waals surface area (Å²) in [5.41, 5.74) is 3.52. The van der Waals surface area contributed by atoms with Gasteiger partial charge in [-0.1, -0.05) is 29.8 Å². The van der Waals surface area contributed by atoms with Crippen LogP contribution in [0.2, 0.25) is 5.02 Å². The van der Waals surface area contributed by atoms with Gasteiger partial charge in [-0.3, -0.25) is 4.98 Å². The summed E-state index contributed by atoms with van der Waals surface area (Å²) in [6.45, 7) is 2.28. The summed E-state index contributed by atoms with van der Waals surface area (Å²) >= 11 is 6.09. The van der Waals surface area contributed by atoms with E-state index in [2.05, 4.69) is 16.0 Å². The van der Waals surface area contributed by atoms with E-state index in [-0.39, 0.29) is 0 Å². The lowest BCUT2D eigenvalue weighted by Gasteiger charge is -2.12.